The van der Waals surface area contributed by atoms with E-state index in [0.717, 1.165) is 38.9 Å². The van der Waals surface area contributed by atoms with Crippen LogP contribution in [0.25, 0.3) is 21.6 Å². The number of para-hydroxylation sites is 1. The van der Waals surface area contributed by atoms with Gasteiger partial charge in [0.15, 0.2) is 5.82 Å². The van der Waals surface area contributed by atoms with Crippen LogP contribution in [0.2, 0.25) is 0 Å². The van der Waals surface area contributed by atoms with E-state index in [0.29, 0.717) is 6.61 Å². The van der Waals surface area contributed by atoms with Gasteiger partial charge in [0, 0.05) is 11.1 Å². The minimum absolute atomic E-state index is 0.660. The summed E-state index contributed by atoms with van der Waals surface area (Å²) in [4.78, 5) is 10.5. The van der Waals surface area contributed by atoms with Gasteiger partial charge < -0.3 is 10.1 Å². The quantitative estimate of drug-likeness (QED) is 0.518. The molecule has 0 radical (unpaired) electrons. The van der Waals surface area contributed by atoms with Gasteiger partial charge >= 0.3 is 0 Å². The van der Waals surface area contributed by atoms with E-state index in [1.54, 1.807) is 11.3 Å². The number of benzene rings is 2. The first-order chi connectivity index (χ1) is 12.3. The first kappa shape index (κ1) is 15.6. The third-order valence-electron chi connectivity index (χ3n) is 3.77. The van der Waals surface area contributed by atoms with Crippen LogP contribution in [-0.4, -0.2) is 16.6 Å². The average Bonchev–Trinajstić information content (AvgIpc) is 3.18. The third-order valence-corrected chi connectivity index (χ3v) is 4.64. The van der Waals surface area contributed by atoms with Crippen molar-refractivity contribution in [3.8, 4) is 16.5 Å². The molecule has 0 aliphatic carbocycles. The zero-order valence-electron chi connectivity index (χ0n) is 13.8. The first-order valence-corrected chi connectivity index (χ1v) is 9.02. The number of hydrogen-bond acceptors (Lipinski definition) is 5. The molecule has 0 saturated carbocycles. The largest absolute Gasteiger partial charge is 0.494 e. The molecule has 1 N–H and O–H groups in total. The number of nitrogens with zero attached hydrogens (tertiary/aromatic N) is 2. The van der Waals surface area contributed by atoms with Crippen molar-refractivity contribution in [3.05, 3.63) is 66.0 Å². The lowest BCUT2D eigenvalue weighted by atomic mass is 10.2. The molecule has 0 fully saturated rings. The fourth-order valence-corrected chi connectivity index (χ4v) is 3.28. The number of rotatable bonds is 5. The molecule has 5 heteroatoms. The van der Waals surface area contributed by atoms with Crippen LogP contribution in [0.3, 0.4) is 0 Å². The smallest absolute Gasteiger partial charge is 0.172 e. The molecule has 0 bridgehead atoms. The number of anilines is 2. The van der Waals surface area contributed by atoms with Gasteiger partial charge in [0.1, 0.15) is 11.6 Å². The van der Waals surface area contributed by atoms with Gasteiger partial charge in [-0.3, -0.25) is 0 Å². The van der Waals surface area contributed by atoms with E-state index in [1.165, 1.54) is 0 Å². The van der Waals surface area contributed by atoms with E-state index in [2.05, 4.69) is 5.32 Å². The van der Waals surface area contributed by atoms with Crippen molar-refractivity contribution in [2.45, 2.75) is 6.92 Å². The Kier molecular flexibility index (Phi) is 4.31. The minimum atomic E-state index is 0.660. The normalized spacial score (nSPS) is 10.8. The van der Waals surface area contributed by atoms with Gasteiger partial charge in [0.05, 0.1) is 17.0 Å². The summed E-state index contributed by atoms with van der Waals surface area (Å²) >= 11 is 1.64. The van der Waals surface area contributed by atoms with Gasteiger partial charge in [0.2, 0.25) is 0 Å². The van der Waals surface area contributed by atoms with Crippen LogP contribution < -0.4 is 10.1 Å². The van der Waals surface area contributed by atoms with E-state index in [-0.39, 0.29) is 0 Å². The molecule has 124 valence electrons. The Morgan fingerprint density at radius 1 is 0.960 bits per heavy atom. The number of ether oxygens (including phenoxy) is 1. The summed E-state index contributed by atoms with van der Waals surface area (Å²) in [5, 5.41) is 6.45. The lowest BCUT2D eigenvalue weighted by Gasteiger charge is -2.11. The lowest BCUT2D eigenvalue weighted by molar-refractivity contribution is 0.340. The second-order valence-corrected chi connectivity index (χ2v) is 6.42. The Morgan fingerprint density at radius 3 is 2.56 bits per heavy atom. The molecule has 4 rings (SSSR count). The molecule has 2 heterocycles. The molecule has 2 aromatic carbocycles. The molecule has 4 nitrogen and oxygen atoms in total. The Balaban J connectivity index is 1.74. The topological polar surface area (TPSA) is 47.0 Å². The van der Waals surface area contributed by atoms with E-state index in [4.69, 9.17) is 14.7 Å². The summed E-state index contributed by atoms with van der Waals surface area (Å²) in [5.74, 6) is 2.40. The van der Waals surface area contributed by atoms with Gasteiger partial charge in [-0.1, -0.05) is 18.2 Å². The van der Waals surface area contributed by atoms with Crippen molar-refractivity contribution in [2.75, 3.05) is 11.9 Å². The van der Waals surface area contributed by atoms with Crippen molar-refractivity contribution in [1.82, 2.24) is 9.97 Å². The molecule has 0 amide bonds. The Morgan fingerprint density at radius 2 is 1.80 bits per heavy atom. The van der Waals surface area contributed by atoms with E-state index >= 15 is 0 Å². The van der Waals surface area contributed by atoms with Crippen molar-refractivity contribution >= 4 is 33.7 Å². The minimum Gasteiger partial charge on any atom is -0.494 e. The summed E-state index contributed by atoms with van der Waals surface area (Å²) in [6.07, 6.45) is 0. The monoisotopic (exact) mass is 347 g/mol. The van der Waals surface area contributed by atoms with Crippen molar-refractivity contribution in [2.24, 2.45) is 0 Å². The molecule has 0 saturated heterocycles. The van der Waals surface area contributed by atoms with Crippen LogP contribution in [-0.2, 0) is 0 Å². The average molecular weight is 347 g/mol. The zero-order chi connectivity index (χ0) is 17.1. The second kappa shape index (κ2) is 6.91. The molecular formula is C20H17N3OS. The Labute approximate surface area is 150 Å². The fraction of sp³-hybridized carbons (Fsp3) is 0.100. The van der Waals surface area contributed by atoms with Crippen molar-refractivity contribution in [1.29, 1.82) is 0 Å². The molecule has 0 aliphatic rings. The summed E-state index contributed by atoms with van der Waals surface area (Å²) < 4.78 is 5.50. The number of nitrogens with one attached hydrogen (secondary N) is 1. The highest BCUT2D eigenvalue weighted by Crippen LogP contribution is 2.29. The predicted octanol–water partition coefficient (Wildman–Crippen LogP) is 5.50. The molecular weight excluding hydrogens is 330 g/mol. The summed E-state index contributed by atoms with van der Waals surface area (Å²) in [6.45, 7) is 2.64. The Hall–Kier alpha value is -2.92. The van der Waals surface area contributed by atoms with Gasteiger partial charge in [-0.05, 0) is 54.8 Å². The van der Waals surface area contributed by atoms with Gasteiger partial charge in [-0.25, -0.2) is 9.97 Å². The maximum absolute atomic E-state index is 5.50. The standard InChI is InChI=1S/C20H17N3OS/c1-2-24-15-11-9-14(10-12-15)21-19-16-6-3-4-7-17(16)22-20(23-19)18-8-5-13-25-18/h3-13H,2H2,1H3,(H,21,22,23). The molecule has 0 atom stereocenters. The van der Waals surface area contributed by atoms with E-state index in [9.17, 15) is 0 Å². The van der Waals surface area contributed by atoms with Crippen LogP contribution in [0.4, 0.5) is 11.5 Å². The SMILES string of the molecule is CCOc1ccc(Nc2nc(-c3cccs3)nc3ccccc23)cc1. The molecule has 0 unspecified atom stereocenters. The highest BCUT2D eigenvalue weighted by molar-refractivity contribution is 7.13. The van der Waals surface area contributed by atoms with Crippen LogP contribution >= 0.6 is 11.3 Å². The molecule has 2 aromatic heterocycles. The highest BCUT2D eigenvalue weighted by Gasteiger charge is 2.10. The summed E-state index contributed by atoms with van der Waals surface area (Å²) in [5.41, 5.74) is 1.89. The van der Waals surface area contributed by atoms with Gasteiger partial charge in [0.25, 0.3) is 0 Å². The molecule has 0 aliphatic heterocycles. The predicted molar refractivity (Wildman–Crippen MR) is 104 cm³/mol. The fourth-order valence-electron chi connectivity index (χ4n) is 2.63. The zero-order valence-corrected chi connectivity index (χ0v) is 14.6. The number of thiophene rings is 1. The third kappa shape index (κ3) is 3.32. The Bertz CT molecular complexity index is 982. The molecule has 0 spiro atoms. The van der Waals surface area contributed by atoms with Gasteiger partial charge in [-0.15, -0.1) is 11.3 Å². The second-order valence-electron chi connectivity index (χ2n) is 5.47. The summed E-state index contributed by atoms with van der Waals surface area (Å²) in [6, 6.07) is 20.0. The summed E-state index contributed by atoms with van der Waals surface area (Å²) in [7, 11) is 0. The van der Waals surface area contributed by atoms with Crippen molar-refractivity contribution in [3.63, 3.8) is 0 Å². The van der Waals surface area contributed by atoms with E-state index in [1.807, 2.05) is 73.0 Å². The van der Waals surface area contributed by atoms with Gasteiger partial charge in [-0.2, -0.15) is 0 Å². The maximum atomic E-state index is 5.50. The molecule has 4 aromatic rings. The highest BCUT2D eigenvalue weighted by atomic mass is 32.1. The van der Waals surface area contributed by atoms with Crippen LogP contribution in [0.15, 0.2) is 66.0 Å². The maximum Gasteiger partial charge on any atom is 0.172 e. The molecule has 25 heavy (non-hydrogen) atoms. The van der Waals surface area contributed by atoms with Crippen LogP contribution in [0, 0.1) is 0 Å². The number of hydrogen-bond donors (Lipinski definition) is 1. The van der Waals surface area contributed by atoms with Crippen LogP contribution in [0.1, 0.15) is 6.92 Å². The first-order valence-electron chi connectivity index (χ1n) is 8.14. The number of fused-ring (bicyclic) bond motifs is 1. The number of aromatic nitrogens is 2. The van der Waals surface area contributed by atoms with Crippen molar-refractivity contribution < 1.29 is 4.74 Å². The van der Waals surface area contributed by atoms with Crippen LogP contribution in [0.5, 0.6) is 5.75 Å². The van der Waals surface area contributed by atoms with E-state index < -0.39 is 0 Å². The lowest BCUT2D eigenvalue weighted by Crippen LogP contribution is -1.99.